The molecule has 110 valence electrons. The molecule has 6 heteroatoms. The predicted molar refractivity (Wildman–Crippen MR) is 79.1 cm³/mol. The Labute approximate surface area is 130 Å². The average Bonchev–Trinajstić information content (AvgIpc) is 2.96. The summed E-state index contributed by atoms with van der Waals surface area (Å²) in [7, 11) is 0. The Bertz CT molecular complexity index is 649. The molecule has 1 aliphatic carbocycles. The van der Waals surface area contributed by atoms with Crippen LogP contribution in [0, 0.1) is 5.41 Å². The summed E-state index contributed by atoms with van der Waals surface area (Å²) in [5.74, 6) is -1.51. The summed E-state index contributed by atoms with van der Waals surface area (Å²) in [4.78, 5) is 37.2. The number of carboxylic acid groups (broad SMARTS) is 1. The van der Waals surface area contributed by atoms with Crippen LogP contribution in [0.5, 0.6) is 0 Å². The SMILES string of the molecule is O=C(O)c1cc(Br)cc(N2C(=O)CC3(CCCC3)C2=O)c1. The number of carbonyl (C=O) groups excluding carboxylic acids is 2. The van der Waals surface area contributed by atoms with Gasteiger partial charge in [0.05, 0.1) is 16.7 Å². The standard InChI is InChI=1S/C15H14BrNO4/c16-10-5-9(13(19)20)6-11(7-10)17-12(18)8-15(14(17)21)3-1-2-4-15/h5-7H,1-4,8H2,(H,19,20). The van der Waals surface area contributed by atoms with E-state index in [0.717, 1.165) is 30.6 Å². The van der Waals surface area contributed by atoms with E-state index in [2.05, 4.69) is 15.9 Å². The normalized spacial score (nSPS) is 20.5. The number of aromatic carboxylic acids is 1. The van der Waals surface area contributed by atoms with E-state index in [0.29, 0.717) is 10.2 Å². The molecule has 0 atom stereocenters. The van der Waals surface area contributed by atoms with E-state index in [-0.39, 0.29) is 23.8 Å². The summed E-state index contributed by atoms with van der Waals surface area (Å²) >= 11 is 3.23. The van der Waals surface area contributed by atoms with E-state index in [9.17, 15) is 14.4 Å². The summed E-state index contributed by atoms with van der Waals surface area (Å²) < 4.78 is 0.533. The fourth-order valence-corrected chi connectivity index (χ4v) is 3.81. The van der Waals surface area contributed by atoms with Crippen molar-refractivity contribution in [2.75, 3.05) is 4.90 Å². The van der Waals surface area contributed by atoms with Gasteiger partial charge in [-0.2, -0.15) is 0 Å². The van der Waals surface area contributed by atoms with Crippen molar-refractivity contribution < 1.29 is 19.5 Å². The first-order valence-corrected chi connectivity index (χ1v) is 7.64. The second kappa shape index (κ2) is 4.94. The molecular weight excluding hydrogens is 338 g/mol. The number of halogens is 1. The van der Waals surface area contributed by atoms with Crippen LogP contribution in [-0.4, -0.2) is 22.9 Å². The third-order valence-corrected chi connectivity index (χ3v) is 4.80. The first kappa shape index (κ1) is 14.3. The average molecular weight is 352 g/mol. The number of hydrogen-bond donors (Lipinski definition) is 1. The number of hydrogen-bond acceptors (Lipinski definition) is 3. The predicted octanol–water partition coefficient (Wildman–Crippen LogP) is 2.97. The van der Waals surface area contributed by atoms with Crippen molar-refractivity contribution in [3.05, 3.63) is 28.2 Å². The van der Waals surface area contributed by atoms with Gasteiger partial charge < -0.3 is 5.11 Å². The van der Waals surface area contributed by atoms with Crippen molar-refractivity contribution in [1.29, 1.82) is 0 Å². The highest BCUT2D eigenvalue weighted by Gasteiger charge is 2.53. The van der Waals surface area contributed by atoms with Crippen LogP contribution in [0.25, 0.3) is 0 Å². The molecule has 5 nitrogen and oxygen atoms in total. The molecule has 21 heavy (non-hydrogen) atoms. The quantitative estimate of drug-likeness (QED) is 0.831. The topological polar surface area (TPSA) is 74.7 Å². The van der Waals surface area contributed by atoms with Gasteiger partial charge in [-0.25, -0.2) is 9.69 Å². The first-order valence-electron chi connectivity index (χ1n) is 6.84. The lowest BCUT2D eigenvalue weighted by Crippen LogP contribution is -2.34. The largest absolute Gasteiger partial charge is 0.478 e. The molecule has 0 bridgehead atoms. The Balaban J connectivity index is 2.02. The molecule has 2 aliphatic rings. The van der Waals surface area contributed by atoms with Crippen molar-refractivity contribution in [2.45, 2.75) is 32.1 Å². The van der Waals surface area contributed by atoms with Gasteiger partial charge in [0.15, 0.2) is 0 Å². The fraction of sp³-hybridized carbons (Fsp3) is 0.400. The van der Waals surface area contributed by atoms with Gasteiger partial charge in [-0.1, -0.05) is 28.8 Å². The van der Waals surface area contributed by atoms with Gasteiger partial charge in [0, 0.05) is 10.9 Å². The molecule has 1 N–H and O–H groups in total. The van der Waals surface area contributed by atoms with Crippen LogP contribution in [0.15, 0.2) is 22.7 Å². The van der Waals surface area contributed by atoms with E-state index < -0.39 is 11.4 Å². The number of rotatable bonds is 2. The van der Waals surface area contributed by atoms with Gasteiger partial charge in [-0.15, -0.1) is 0 Å². The molecule has 0 aromatic heterocycles. The van der Waals surface area contributed by atoms with Crippen LogP contribution in [0.2, 0.25) is 0 Å². The van der Waals surface area contributed by atoms with E-state index in [1.165, 1.54) is 12.1 Å². The van der Waals surface area contributed by atoms with Crippen LogP contribution in [-0.2, 0) is 9.59 Å². The smallest absolute Gasteiger partial charge is 0.335 e. The lowest BCUT2D eigenvalue weighted by molar-refractivity contribution is -0.125. The van der Waals surface area contributed by atoms with E-state index in [1.54, 1.807) is 6.07 Å². The van der Waals surface area contributed by atoms with Crippen LogP contribution in [0.3, 0.4) is 0 Å². The summed E-state index contributed by atoms with van der Waals surface area (Å²) in [5, 5.41) is 9.10. The molecule has 1 aromatic rings. The van der Waals surface area contributed by atoms with Crippen LogP contribution >= 0.6 is 15.9 Å². The molecular formula is C15H14BrNO4. The fourth-order valence-electron chi connectivity index (χ4n) is 3.32. The van der Waals surface area contributed by atoms with Crippen molar-refractivity contribution in [1.82, 2.24) is 0 Å². The third-order valence-electron chi connectivity index (χ3n) is 4.34. The monoisotopic (exact) mass is 351 g/mol. The molecule has 1 aliphatic heterocycles. The number of carbonyl (C=O) groups is 3. The summed E-state index contributed by atoms with van der Waals surface area (Å²) in [6, 6.07) is 4.43. The maximum Gasteiger partial charge on any atom is 0.335 e. The third kappa shape index (κ3) is 2.27. The van der Waals surface area contributed by atoms with Crippen LogP contribution in [0.1, 0.15) is 42.5 Å². The minimum atomic E-state index is -1.09. The number of amides is 2. The molecule has 1 saturated heterocycles. The van der Waals surface area contributed by atoms with E-state index in [4.69, 9.17) is 5.11 Å². The Hall–Kier alpha value is -1.69. The Morgan fingerprint density at radius 3 is 2.48 bits per heavy atom. The molecule has 1 spiro atoms. The van der Waals surface area contributed by atoms with Crippen molar-refractivity contribution in [3.63, 3.8) is 0 Å². The molecule has 2 fully saturated rings. The number of carboxylic acids is 1. The molecule has 0 radical (unpaired) electrons. The zero-order chi connectivity index (χ0) is 15.2. The minimum Gasteiger partial charge on any atom is -0.478 e. The zero-order valence-electron chi connectivity index (χ0n) is 11.3. The second-order valence-corrected chi connectivity index (χ2v) is 6.62. The van der Waals surface area contributed by atoms with Crippen LogP contribution < -0.4 is 4.90 Å². The number of nitrogens with zero attached hydrogens (tertiary/aromatic N) is 1. The number of anilines is 1. The summed E-state index contributed by atoms with van der Waals surface area (Å²) in [5.41, 5.74) is -0.170. The van der Waals surface area contributed by atoms with Crippen molar-refractivity contribution in [2.24, 2.45) is 5.41 Å². The van der Waals surface area contributed by atoms with Gasteiger partial charge in [0.2, 0.25) is 11.8 Å². The van der Waals surface area contributed by atoms with Gasteiger partial charge in [-0.05, 0) is 31.0 Å². The Morgan fingerprint density at radius 1 is 1.19 bits per heavy atom. The summed E-state index contributed by atoms with van der Waals surface area (Å²) in [6.45, 7) is 0. The molecule has 3 rings (SSSR count). The lowest BCUT2D eigenvalue weighted by atomic mass is 9.84. The lowest BCUT2D eigenvalue weighted by Gasteiger charge is -2.21. The maximum atomic E-state index is 12.7. The highest BCUT2D eigenvalue weighted by molar-refractivity contribution is 9.10. The molecule has 1 saturated carbocycles. The summed E-state index contributed by atoms with van der Waals surface area (Å²) in [6.07, 6.45) is 3.65. The Morgan fingerprint density at radius 2 is 1.86 bits per heavy atom. The first-order chi connectivity index (χ1) is 9.93. The molecule has 1 aromatic carbocycles. The Kier molecular flexibility index (Phi) is 3.36. The van der Waals surface area contributed by atoms with Crippen molar-refractivity contribution in [3.8, 4) is 0 Å². The van der Waals surface area contributed by atoms with Gasteiger partial charge in [0.1, 0.15) is 0 Å². The molecule has 1 heterocycles. The number of imide groups is 1. The highest BCUT2D eigenvalue weighted by atomic mass is 79.9. The highest BCUT2D eigenvalue weighted by Crippen LogP contribution is 2.48. The zero-order valence-corrected chi connectivity index (χ0v) is 12.9. The van der Waals surface area contributed by atoms with Crippen LogP contribution in [0.4, 0.5) is 5.69 Å². The van der Waals surface area contributed by atoms with E-state index in [1.807, 2.05) is 0 Å². The molecule has 2 amide bonds. The number of benzene rings is 1. The second-order valence-electron chi connectivity index (χ2n) is 5.70. The van der Waals surface area contributed by atoms with E-state index >= 15 is 0 Å². The minimum absolute atomic E-state index is 0.0485. The molecule has 0 unspecified atom stereocenters. The van der Waals surface area contributed by atoms with Gasteiger partial charge in [-0.3, -0.25) is 9.59 Å². The van der Waals surface area contributed by atoms with Crippen molar-refractivity contribution >= 4 is 39.4 Å². The van der Waals surface area contributed by atoms with Gasteiger partial charge in [0.25, 0.3) is 0 Å². The maximum absolute atomic E-state index is 12.7. The van der Waals surface area contributed by atoms with Gasteiger partial charge >= 0.3 is 5.97 Å².